The fraction of sp³-hybridized carbons (Fsp3) is 0.227. The zero-order valence-corrected chi connectivity index (χ0v) is 17.0. The van der Waals surface area contributed by atoms with Gasteiger partial charge in [0.25, 0.3) is 5.22 Å². The van der Waals surface area contributed by atoms with Crippen LogP contribution in [-0.2, 0) is 11.2 Å². The fourth-order valence-corrected chi connectivity index (χ4v) is 3.46. The third-order valence-corrected chi connectivity index (χ3v) is 5.26. The third kappa shape index (κ3) is 4.17. The van der Waals surface area contributed by atoms with Crippen LogP contribution < -0.4 is 0 Å². The lowest BCUT2D eigenvalue weighted by Crippen LogP contribution is -2.10. The SMILES string of the molecule is CC(C)(C)c1ccc(-c2nnc(SCc3ccn(-c4ccccc4)n3)o2)cc1. The van der Waals surface area contributed by atoms with E-state index >= 15 is 0 Å². The number of hydrogen-bond acceptors (Lipinski definition) is 5. The highest BCUT2D eigenvalue weighted by Gasteiger charge is 2.15. The van der Waals surface area contributed by atoms with Gasteiger partial charge in [0.15, 0.2) is 0 Å². The topological polar surface area (TPSA) is 56.7 Å². The van der Waals surface area contributed by atoms with Gasteiger partial charge in [-0.3, -0.25) is 0 Å². The van der Waals surface area contributed by atoms with Crippen LogP contribution >= 0.6 is 11.8 Å². The Kier molecular flexibility index (Phi) is 5.05. The standard InChI is InChI=1S/C22H22N4OS/c1-22(2,3)17-11-9-16(10-12-17)20-23-24-21(27-20)28-15-18-13-14-26(25-18)19-7-5-4-6-8-19/h4-14H,15H2,1-3H3. The van der Waals surface area contributed by atoms with Crippen LogP contribution in [0.25, 0.3) is 17.1 Å². The summed E-state index contributed by atoms with van der Waals surface area (Å²) in [6.07, 6.45) is 1.96. The summed E-state index contributed by atoms with van der Waals surface area (Å²) >= 11 is 1.49. The molecule has 0 saturated heterocycles. The van der Waals surface area contributed by atoms with Crippen molar-refractivity contribution >= 4 is 11.8 Å². The van der Waals surface area contributed by atoms with E-state index < -0.39 is 0 Å². The first-order chi connectivity index (χ1) is 13.5. The van der Waals surface area contributed by atoms with Crippen molar-refractivity contribution in [2.45, 2.75) is 37.2 Å². The monoisotopic (exact) mass is 390 g/mol. The molecule has 0 fully saturated rings. The molecule has 0 unspecified atom stereocenters. The predicted molar refractivity (Wildman–Crippen MR) is 112 cm³/mol. The van der Waals surface area contributed by atoms with Crippen LogP contribution in [0.2, 0.25) is 0 Å². The zero-order valence-electron chi connectivity index (χ0n) is 16.2. The first kappa shape index (κ1) is 18.5. The third-order valence-electron chi connectivity index (χ3n) is 4.41. The van der Waals surface area contributed by atoms with Gasteiger partial charge in [0.05, 0.1) is 11.4 Å². The molecule has 0 bridgehead atoms. The zero-order chi connectivity index (χ0) is 19.6. The quantitative estimate of drug-likeness (QED) is 0.420. The summed E-state index contributed by atoms with van der Waals surface area (Å²) < 4.78 is 7.68. The smallest absolute Gasteiger partial charge is 0.277 e. The van der Waals surface area contributed by atoms with E-state index in [1.807, 2.05) is 59.4 Å². The molecule has 2 aromatic heterocycles. The van der Waals surface area contributed by atoms with Crippen LogP contribution in [0.15, 0.2) is 76.5 Å². The largest absolute Gasteiger partial charge is 0.411 e. The van der Waals surface area contributed by atoms with Gasteiger partial charge in [0, 0.05) is 17.5 Å². The average Bonchev–Trinajstić information content (AvgIpc) is 3.36. The van der Waals surface area contributed by atoms with E-state index in [1.54, 1.807) is 0 Å². The lowest BCUT2D eigenvalue weighted by molar-refractivity contribution is 0.465. The minimum Gasteiger partial charge on any atom is -0.411 e. The van der Waals surface area contributed by atoms with Gasteiger partial charge in [-0.05, 0) is 41.3 Å². The molecule has 2 aromatic carbocycles. The lowest BCUT2D eigenvalue weighted by atomic mass is 9.87. The molecule has 0 radical (unpaired) electrons. The van der Waals surface area contributed by atoms with Crippen LogP contribution in [0.3, 0.4) is 0 Å². The first-order valence-electron chi connectivity index (χ1n) is 9.16. The molecule has 0 spiro atoms. The van der Waals surface area contributed by atoms with Gasteiger partial charge in [-0.2, -0.15) is 5.10 Å². The van der Waals surface area contributed by atoms with Crippen molar-refractivity contribution in [2.75, 3.05) is 0 Å². The highest BCUT2D eigenvalue weighted by Crippen LogP contribution is 2.28. The van der Waals surface area contributed by atoms with E-state index in [1.165, 1.54) is 17.3 Å². The maximum atomic E-state index is 5.81. The Morgan fingerprint density at radius 2 is 1.68 bits per heavy atom. The fourth-order valence-electron chi connectivity index (χ4n) is 2.80. The molecule has 5 nitrogen and oxygen atoms in total. The van der Waals surface area contributed by atoms with Gasteiger partial charge >= 0.3 is 0 Å². The summed E-state index contributed by atoms with van der Waals surface area (Å²) in [6, 6.07) is 20.3. The maximum absolute atomic E-state index is 5.81. The van der Waals surface area contributed by atoms with Crippen molar-refractivity contribution in [1.29, 1.82) is 0 Å². The molecule has 0 N–H and O–H groups in total. The molecular weight excluding hydrogens is 368 g/mol. The molecule has 6 heteroatoms. The van der Waals surface area contributed by atoms with Crippen LogP contribution in [0.5, 0.6) is 0 Å². The Hall–Kier alpha value is -2.86. The van der Waals surface area contributed by atoms with Gasteiger partial charge in [0.1, 0.15) is 0 Å². The Morgan fingerprint density at radius 1 is 0.929 bits per heavy atom. The van der Waals surface area contributed by atoms with Crippen molar-refractivity contribution < 1.29 is 4.42 Å². The van der Waals surface area contributed by atoms with E-state index in [-0.39, 0.29) is 5.41 Å². The van der Waals surface area contributed by atoms with Gasteiger partial charge < -0.3 is 4.42 Å². The normalized spacial score (nSPS) is 11.7. The molecule has 0 aliphatic heterocycles. The minimum absolute atomic E-state index is 0.123. The van der Waals surface area contributed by atoms with Gasteiger partial charge in [0.2, 0.25) is 5.89 Å². The molecule has 4 aromatic rings. The Balaban J connectivity index is 1.41. The molecule has 0 atom stereocenters. The highest BCUT2D eigenvalue weighted by atomic mass is 32.2. The van der Waals surface area contributed by atoms with Crippen LogP contribution in [0.4, 0.5) is 0 Å². The van der Waals surface area contributed by atoms with E-state index in [2.05, 4.69) is 48.2 Å². The molecule has 2 heterocycles. The summed E-state index contributed by atoms with van der Waals surface area (Å²) in [5.41, 5.74) is 4.33. The molecule has 0 aliphatic carbocycles. The molecule has 142 valence electrons. The highest BCUT2D eigenvalue weighted by molar-refractivity contribution is 7.98. The number of rotatable bonds is 5. The minimum atomic E-state index is 0.123. The first-order valence-corrected chi connectivity index (χ1v) is 10.1. The second kappa shape index (κ2) is 7.64. The van der Waals surface area contributed by atoms with E-state index in [9.17, 15) is 0 Å². The number of aromatic nitrogens is 4. The van der Waals surface area contributed by atoms with Crippen molar-refractivity contribution in [3.63, 3.8) is 0 Å². The Labute approximate surface area is 168 Å². The van der Waals surface area contributed by atoms with E-state index in [4.69, 9.17) is 4.42 Å². The molecule has 0 saturated carbocycles. The van der Waals surface area contributed by atoms with E-state index in [0.717, 1.165) is 16.9 Å². The molecule has 0 aliphatic rings. The second-order valence-electron chi connectivity index (χ2n) is 7.58. The van der Waals surface area contributed by atoms with Crippen molar-refractivity contribution in [3.05, 3.63) is 78.1 Å². The number of para-hydroxylation sites is 1. The summed E-state index contributed by atoms with van der Waals surface area (Å²) in [5, 5.41) is 13.5. The van der Waals surface area contributed by atoms with Crippen LogP contribution in [0, 0.1) is 0 Å². The summed E-state index contributed by atoms with van der Waals surface area (Å²) in [7, 11) is 0. The second-order valence-corrected chi connectivity index (χ2v) is 8.50. The van der Waals surface area contributed by atoms with Crippen molar-refractivity contribution in [1.82, 2.24) is 20.0 Å². The summed E-state index contributed by atoms with van der Waals surface area (Å²) in [6.45, 7) is 6.59. The summed E-state index contributed by atoms with van der Waals surface area (Å²) in [4.78, 5) is 0. The van der Waals surface area contributed by atoms with Gasteiger partial charge in [-0.15, -0.1) is 10.2 Å². The van der Waals surface area contributed by atoms with Gasteiger partial charge in [-0.1, -0.05) is 62.9 Å². The van der Waals surface area contributed by atoms with E-state index in [0.29, 0.717) is 16.9 Å². The number of nitrogens with zero attached hydrogens (tertiary/aromatic N) is 4. The maximum Gasteiger partial charge on any atom is 0.277 e. The summed E-state index contributed by atoms with van der Waals surface area (Å²) in [5.74, 6) is 1.21. The van der Waals surface area contributed by atoms with Gasteiger partial charge in [-0.25, -0.2) is 4.68 Å². The number of thioether (sulfide) groups is 1. The Morgan fingerprint density at radius 3 is 2.39 bits per heavy atom. The van der Waals surface area contributed by atoms with Crippen molar-refractivity contribution in [2.24, 2.45) is 0 Å². The number of hydrogen-bond donors (Lipinski definition) is 0. The average molecular weight is 391 g/mol. The van der Waals surface area contributed by atoms with Crippen LogP contribution in [0.1, 0.15) is 32.0 Å². The number of benzene rings is 2. The Bertz CT molecular complexity index is 1050. The molecule has 4 rings (SSSR count). The molecule has 0 amide bonds. The molecule has 28 heavy (non-hydrogen) atoms. The predicted octanol–water partition coefficient (Wildman–Crippen LogP) is 5.51. The van der Waals surface area contributed by atoms with Crippen LogP contribution in [-0.4, -0.2) is 20.0 Å². The lowest BCUT2D eigenvalue weighted by Gasteiger charge is -2.18. The molecular formula is C22H22N4OS. The van der Waals surface area contributed by atoms with Crippen molar-refractivity contribution in [3.8, 4) is 17.1 Å².